The largest absolute Gasteiger partial charge is 0.323 e. The summed E-state index contributed by atoms with van der Waals surface area (Å²) in [6.45, 7) is 4.05. The van der Waals surface area contributed by atoms with E-state index in [1.165, 1.54) is 0 Å². The second-order valence-corrected chi connectivity index (χ2v) is 3.81. The Kier molecular flexibility index (Phi) is 3.01. The molecule has 1 atom stereocenters. The Labute approximate surface area is 95.1 Å². The molecule has 0 saturated heterocycles. The first-order valence-corrected chi connectivity index (χ1v) is 5.43. The van der Waals surface area contributed by atoms with Gasteiger partial charge in [-0.25, -0.2) is 4.98 Å². The fraction of sp³-hybridized carbons (Fsp3) is 0.333. The average Bonchev–Trinajstić information content (AvgIpc) is 2.77. The van der Waals surface area contributed by atoms with Crippen molar-refractivity contribution in [2.24, 2.45) is 5.73 Å². The third kappa shape index (κ3) is 1.84. The molecule has 2 N–H and O–H groups in total. The van der Waals surface area contributed by atoms with Gasteiger partial charge in [-0.05, 0) is 25.5 Å². The molecule has 0 bridgehead atoms. The summed E-state index contributed by atoms with van der Waals surface area (Å²) in [6.07, 6.45) is 6.29. The van der Waals surface area contributed by atoms with E-state index in [4.69, 9.17) is 5.73 Å². The number of rotatable bonds is 3. The molecule has 0 aliphatic rings. The lowest BCUT2D eigenvalue weighted by molar-refractivity contribution is 0.658. The molecule has 2 aromatic rings. The van der Waals surface area contributed by atoms with Gasteiger partial charge in [-0.15, -0.1) is 0 Å². The molecule has 0 aliphatic carbocycles. The molecular formula is C12H16N4. The van der Waals surface area contributed by atoms with Crippen LogP contribution in [-0.4, -0.2) is 14.5 Å². The van der Waals surface area contributed by atoms with Gasteiger partial charge in [-0.2, -0.15) is 0 Å². The number of aromatic nitrogens is 3. The topological polar surface area (TPSA) is 56.7 Å². The Hall–Kier alpha value is -1.68. The maximum absolute atomic E-state index is 6.05. The highest BCUT2D eigenvalue weighted by molar-refractivity contribution is 5.37. The average molecular weight is 216 g/mol. The van der Waals surface area contributed by atoms with E-state index in [1.807, 2.05) is 29.8 Å². The highest BCUT2D eigenvalue weighted by atomic mass is 15.1. The lowest BCUT2D eigenvalue weighted by Crippen LogP contribution is -2.14. The lowest BCUT2D eigenvalue weighted by Gasteiger charge is -2.14. The van der Waals surface area contributed by atoms with E-state index in [0.29, 0.717) is 0 Å². The Morgan fingerprint density at radius 2 is 2.31 bits per heavy atom. The molecule has 0 fully saturated rings. The minimum atomic E-state index is 0.0158. The summed E-state index contributed by atoms with van der Waals surface area (Å²) in [4.78, 5) is 8.44. The van der Waals surface area contributed by atoms with Gasteiger partial charge in [0.15, 0.2) is 0 Å². The third-order valence-electron chi connectivity index (χ3n) is 2.73. The smallest absolute Gasteiger partial charge is 0.0995 e. The van der Waals surface area contributed by atoms with Gasteiger partial charge < -0.3 is 5.73 Å². The van der Waals surface area contributed by atoms with E-state index < -0.39 is 0 Å². The maximum atomic E-state index is 6.05. The van der Waals surface area contributed by atoms with Gasteiger partial charge in [0, 0.05) is 12.2 Å². The molecule has 84 valence electrons. The molecule has 0 saturated carbocycles. The first-order chi connectivity index (χ1) is 7.74. The van der Waals surface area contributed by atoms with Crippen LogP contribution in [0.2, 0.25) is 0 Å². The molecule has 0 aliphatic heterocycles. The minimum Gasteiger partial charge on any atom is -0.323 e. The van der Waals surface area contributed by atoms with E-state index in [9.17, 15) is 0 Å². The molecule has 2 heterocycles. The van der Waals surface area contributed by atoms with Gasteiger partial charge >= 0.3 is 0 Å². The SMILES string of the molecule is CC[C@@H](N)c1cncn1-c1cccnc1C. The highest BCUT2D eigenvalue weighted by Crippen LogP contribution is 2.19. The second-order valence-electron chi connectivity index (χ2n) is 3.81. The number of aryl methyl sites for hydroxylation is 1. The zero-order valence-corrected chi connectivity index (χ0v) is 9.59. The molecular weight excluding hydrogens is 200 g/mol. The maximum Gasteiger partial charge on any atom is 0.0995 e. The standard InChI is InChI=1S/C12H16N4/c1-3-10(13)12-7-14-8-16(12)11-5-4-6-15-9(11)2/h4-8,10H,3,13H2,1-2H3/t10-/m1/s1. The van der Waals surface area contributed by atoms with Crippen molar-refractivity contribution in [3.05, 3.63) is 42.2 Å². The molecule has 0 spiro atoms. The highest BCUT2D eigenvalue weighted by Gasteiger charge is 2.12. The van der Waals surface area contributed by atoms with E-state index >= 15 is 0 Å². The number of pyridine rings is 1. The zero-order chi connectivity index (χ0) is 11.5. The predicted octanol–water partition coefficient (Wildman–Crippen LogP) is 1.99. The minimum absolute atomic E-state index is 0.0158. The van der Waals surface area contributed by atoms with E-state index in [2.05, 4.69) is 16.9 Å². The number of nitrogens with two attached hydrogens (primary N) is 1. The molecule has 0 aromatic carbocycles. The lowest BCUT2D eigenvalue weighted by atomic mass is 10.2. The molecule has 4 nitrogen and oxygen atoms in total. The summed E-state index contributed by atoms with van der Waals surface area (Å²) < 4.78 is 2.01. The monoisotopic (exact) mass is 216 g/mol. The molecule has 2 aromatic heterocycles. The second kappa shape index (κ2) is 4.45. The Morgan fingerprint density at radius 1 is 1.50 bits per heavy atom. The quantitative estimate of drug-likeness (QED) is 0.853. The van der Waals surface area contributed by atoms with Gasteiger partial charge in [0.05, 0.1) is 29.6 Å². The van der Waals surface area contributed by atoms with Crippen LogP contribution in [0.25, 0.3) is 5.69 Å². The van der Waals surface area contributed by atoms with Gasteiger partial charge in [-0.3, -0.25) is 9.55 Å². The van der Waals surface area contributed by atoms with Crippen molar-refractivity contribution in [3.63, 3.8) is 0 Å². The van der Waals surface area contributed by atoms with Crippen LogP contribution in [0.4, 0.5) is 0 Å². The van der Waals surface area contributed by atoms with Crippen molar-refractivity contribution >= 4 is 0 Å². The van der Waals surface area contributed by atoms with Gasteiger partial charge in [0.25, 0.3) is 0 Å². The van der Waals surface area contributed by atoms with Crippen LogP contribution >= 0.6 is 0 Å². The number of nitrogens with zero attached hydrogens (tertiary/aromatic N) is 3. The molecule has 2 rings (SSSR count). The van der Waals surface area contributed by atoms with Crippen molar-refractivity contribution in [3.8, 4) is 5.69 Å². The summed E-state index contributed by atoms with van der Waals surface area (Å²) in [5.74, 6) is 0. The molecule has 0 unspecified atom stereocenters. The van der Waals surface area contributed by atoms with Crippen LogP contribution in [0.1, 0.15) is 30.8 Å². The van der Waals surface area contributed by atoms with E-state index in [-0.39, 0.29) is 6.04 Å². The van der Waals surface area contributed by atoms with Crippen LogP contribution in [0.5, 0.6) is 0 Å². The van der Waals surface area contributed by atoms with Crippen molar-refractivity contribution in [2.75, 3.05) is 0 Å². The number of hydrogen-bond donors (Lipinski definition) is 1. The summed E-state index contributed by atoms with van der Waals surface area (Å²) in [7, 11) is 0. The summed E-state index contributed by atoms with van der Waals surface area (Å²) >= 11 is 0. The first kappa shape index (κ1) is 10.8. The third-order valence-corrected chi connectivity index (χ3v) is 2.73. The van der Waals surface area contributed by atoms with Gasteiger partial charge in [-0.1, -0.05) is 6.92 Å². The molecule has 4 heteroatoms. The fourth-order valence-corrected chi connectivity index (χ4v) is 1.72. The Bertz CT molecular complexity index is 475. The van der Waals surface area contributed by atoms with Crippen molar-refractivity contribution in [1.29, 1.82) is 0 Å². The summed E-state index contributed by atoms with van der Waals surface area (Å²) in [5.41, 5.74) is 9.09. The summed E-state index contributed by atoms with van der Waals surface area (Å²) in [6, 6.07) is 3.96. The van der Waals surface area contributed by atoms with Crippen LogP contribution in [0.3, 0.4) is 0 Å². The fourth-order valence-electron chi connectivity index (χ4n) is 1.72. The van der Waals surface area contributed by atoms with Gasteiger partial charge in [0.1, 0.15) is 0 Å². The van der Waals surface area contributed by atoms with Crippen LogP contribution < -0.4 is 5.73 Å². The van der Waals surface area contributed by atoms with Crippen molar-refractivity contribution < 1.29 is 0 Å². The zero-order valence-electron chi connectivity index (χ0n) is 9.59. The van der Waals surface area contributed by atoms with Crippen LogP contribution in [0, 0.1) is 6.92 Å². The first-order valence-electron chi connectivity index (χ1n) is 5.43. The van der Waals surface area contributed by atoms with Crippen LogP contribution in [-0.2, 0) is 0 Å². The number of imidazole rings is 1. The van der Waals surface area contributed by atoms with E-state index in [1.54, 1.807) is 12.5 Å². The Balaban J connectivity index is 2.49. The predicted molar refractivity (Wildman–Crippen MR) is 63.3 cm³/mol. The Morgan fingerprint density at radius 3 is 3.00 bits per heavy atom. The number of hydrogen-bond acceptors (Lipinski definition) is 3. The molecule has 16 heavy (non-hydrogen) atoms. The van der Waals surface area contributed by atoms with E-state index in [0.717, 1.165) is 23.5 Å². The van der Waals surface area contributed by atoms with Crippen molar-refractivity contribution in [1.82, 2.24) is 14.5 Å². The summed E-state index contributed by atoms with van der Waals surface area (Å²) in [5, 5.41) is 0. The normalized spacial score (nSPS) is 12.7. The molecule has 0 amide bonds. The van der Waals surface area contributed by atoms with Crippen LogP contribution in [0.15, 0.2) is 30.9 Å². The molecule has 0 radical (unpaired) electrons. The van der Waals surface area contributed by atoms with Gasteiger partial charge in [0.2, 0.25) is 0 Å². The van der Waals surface area contributed by atoms with Crippen molar-refractivity contribution in [2.45, 2.75) is 26.3 Å².